The van der Waals surface area contributed by atoms with Crippen LogP contribution in [0.1, 0.15) is 61.7 Å². The molecule has 0 fully saturated rings. The van der Waals surface area contributed by atoms with E-state index in [1.165, 1.54) is 5.56 Å². The molecule has 0 aromatic heterocycles. The summed E-state index contributed by atoms with van der Waals surface area (Å²) in [6.45, 7) is 11.8. The maximum Gasteiger partial charge on any atom is 0.313 e. The first-order valence-electron chi connectivity index (χ1n) is 9.47. The molecule has 0 aliphatic carbocycles. The minimum Gasteiger partial charge on any atom is -0.452 e. The molecule has 0 atom stereocenters. The van der Waals surface area contributed by atoms with Gasteiger partial charge < -0.3 is 9.47 Å². The number of hydrogen-bond donors (Lipinski definition) is 0. The molecule has 4 heteroatoms. The van der Waals surface area contributed by atoms with Gasteiger partial charge in [0.25, 0.3) is 0 Å². The van der Waals surface area contributed by atoms with Gasteiger partial charge in [-0.1, -0.05) is 58.9 Å². The molecule has 3 rings (SSSR count). The number of carbonyl (C=O) groups excluding carboxylic acids is 2. The maximum atomic E-state index is 12.8. The molecule has 146 valence electrons. The summed E-state index contributed by atoms with van der Waals surface area (Å²) in [5.41, 5.74) is 3.43. The van der Waals surface area contributed by atoms with Gasteiger partial charge in [0, 0.05) is 6.07 Å². The van der Waals surface area contributed by atoms with Crippen molar-refractivity contribution >= 4 is 17.8 Å². The molecular weight excluding hydrogens is 352 g/mol. The summed E-state index contributed by atoms with van der Waals surface area (Å²) in [5, 5.41) is 0. The number of rotatable bonds is 3. The van der Waals surface area contributed by atoms with E-state index in [9.17, 15) is 9.59 Å². The molecule has 2 aromatic carbocycles. The molecule has 0 unspecified atom stereocenters. The van der Waals surface area contributed by atoms with Crippen molar-refractivity contribution in [1.29, 1.82) is 0 Å². The zero-order valence-corrected chi connectivity index (χ0v) is 17.3. The number of fused-ring (bicyclic) bond motifs is 1. The van der Waals surface area contributed by atoms with Gasteiger partial charge in [-0.05, 0) is 41.2 Å². The van der Waals surface area contributed by atoms with E-state index >= 15 is 0 Å². The number of benzene rings is 2. The second kappa shape index (κ2) is 7.27. The van der Waals surface area contributed by atoms with Crippen molar-refractivity contribution in [1.82, 2.24) is 0 Å². The van der Waals surface area contributed by atoms with Crippen LogP contribution in [0, 0.1) is 12.8 Å². The number of aryl methyl sites for hydroxylation is 1. The van der Waals surface area contributed by atoms with Gasteiger partial charge in [-0.3, -0.25) is 9.59 Å². The average Bonchev–Trinajstić information content (AvgIpc) is 2.90. The van der Waals surface area contributed by atoms with Crippen LogP contribution in [0.4, 0.5) is 0 Å². The van der Waals surface area contributed by atoms with Gasteiger partial charge in [0.1, 0.15) is 11.5 Å². The van der Waals surface area contributed by atoms with E-state index in [1.807, 2.05) is 19.1 Å². The number of esters is 1. The summed E-state index contributed by atoms with van der Waals surface area (Å²) in [4.78, 5) is 24.6. The number of allylic oxidation sites excluding steroid dienone is 1. The van der Waals surface area contributed by atoms with E-state index in [2.05, 4.69) is 32.9 Å². The first-order valence-corrected chi connectivity index (χ1v) is 9.47. The fourth-order valence-corrected chi connectivity index (χ4v) is 3.00. The van der Waals surface area contributed by atoms with Crippen LogP contribution in [0.3, 0.4) is 0 Å². The Morgan fingerprint density at radius 1 is 1.11 bits per heavy atom. The third-order valence-electron chi connectivity index (χ3n) is 4.71. The number of carbonyl (C=O) groups is 2. The number of hydrogen-bond acceptors (Lipinski definition) is 4. The van der Waals surface area contributed by atoms with Crippen molar-refractivity contribution in [3.8, 4) is 11.5 Å². The van der Waals surface area contributed by atoms with Crippen LogP contribution in [0.25, 0.3) is 6.08 Å². The van der Waals surface area contributed by atoms with E-state index in [1.54, 1.807) is 32.1 Å². The summed E-state index contributed by atoms with van der Waals surface area (Å²) in [6.07, 6.45) is 1.74. The quantitative estimate of drug-likeness (QED) is 0.404. The van der Waals surface area contributed by atoms with Crippen LogP contribution < -0.4 is 9.47 Å². The van der Waals surface area contributed by atoms with E-state index < -0.39 is 0 Å². The molecule has 4 nitrogen and oxygen atoms in total. The highest BCUT2D eigenvalue weighted by atomic mass is 16.5. The predicted molar refractivity (Wildman–Crippen MR) is 110 cm³/mol. The van der Waals surface area contributed by atoms with E-state index in [0.717, 1.165) is 11.1 Å². The standard InChI is InChI=1S/C24H26O4/c1-14(2)23(26)27-18-11-15(3)21-19(13-18)28-20(22(21)25)12-16-7-9-17(10-8-16)24(4,5)6/h7-14H,1-6H3/b20-12-. The second-order valence-electron chi connectivity index (χ2n) is 8.50. The topological polar surface area (TPSA) is 52.6 Å². The summed E-state index contributed by atoms with van der Waals surface area (Å²) in [6, 6.07) is 11.4. The SMILES string of the molecule is Cc1cc(OC(=O)C(C)C)cc2c1C(=O)/C(=C/c1ccc(C(C)(C)C)cc1)O2. The molecule has 0 N–H and O–H groups in total. The van der Waals surface area contributed by atoms with Crippen molar-refractivity contribution in [3.05, 3.63) is 64.4 Å². The number of ether oxygens (including phenoxy) is 2. The first-order chi connectivity index (χ1) is 13.1. The van der Waals surface area contributed by atoms with Gasteiger partial charge in [-0.2, -0.15) is 0 Å². The van der Waals surface area contributed by atoms with Crippen molar-refractivity contribution in [3.63, 3.8) is 0 Å². The number of Topliss-reactive ketones (excluding diaryl/α,β-unsaturated/α-hetero) is 1. The highest BCUT2D eigenvalue weighted by Crippen LogP contribution is 2.37. The Labute approximate surface area is 166 Å². The van der Waals surface area contributed by atoms with Gasteiger partial charge in [0.15, 0.2) is 5.76 Å². The smallest absolute Gasteiger partial charge is 0.313 e. The monoisotopic (exact) mass is 378 g/mol. The molecule has 0 amide bonds. The van der Waals surface area contributed by atoms with Gasteiger partial charge in [0.2, 0.25) is 5.78 Å². The summed E-state index contributed by atoms with van der Waals surface area (Å²) < 4.78 is 11.2. The van der Waals surface area contributed by atoms with Crippen LogP contribution in [-0.2, 0) is 10.2 Å². The molecule has 1 aliphatic heterocycles. The van der Waals surface area contributed by atoms with E-state index in [4.69, 9.17) is 9.47 Å². The first kappa shape index (κ1) is 19.9. The minimum absolute atomic E-state index is 0.0719. The summed E-state index contributed by atoms with van der Waals surface area (Å²) in [5.74, 6) is 0.372. The Balaban J connectivity index is 1.88. The van der Waals surface area contributed by atoms with Crippen molar-refractivity contribution < 1.29 is 19.1 Å². The Morgan fingerprint density at radius 3 is 2.32 bits per heavy atom. The number of ketones is 1. The summed E-state index contributed by atoms with van der Waals surface area (Å²) in [7, 11) is 0. The Hall–Kier alpha value is -2.88. The lowest BCUT2D eigenvalue weighted by Crippen LogP contribution is -2.14. The Kier molecular flexibility index (Phi) is 5.16. The van der Waals surface area contributed by atoms with Gasteiger partial charge >= 0.3 is 5.97 Å². The molecule has 0 bridgehead atoms. The Bertz CT molecular complexity index is 957. The van der Waals surface area contributed by atoms with Crippen molar-refractivity contribution in [2.24, 2.45) is 5.92 Å². The molecule has 0 spiro atoms. The van der Waals surface area contributed by atoms with Gasteiger partial charge in [0.05, 0.1) is 11.5 Å². The molecule has 2 aromatic rings. The predicted octanol–water partition coefficient (Wildman–Crippen LogP) is 5.47. The summed E-state index contributed by atoms with van der Waals surface area (Å²) >= 11 is 0. The van der Waals surface area contributed by atoms with Gasteiger partial charge in [-0.25, -0.2) is 0 Å². The molecule has 28 heavy (non-hydrogen) atoms. The molecule has 0 radical (unpaired) electrons. The molecule has 1 aliphatic rings. The Morgan fingerprint density at radius 2 is 1.75 bits per heavy atom. The minimum atomic E-state index is -0.321. The third kappa shape index (κ3) is 4.01. The lowest BCUT2D eigenvalue weighted by molar-refractivity contribution is -0.137. The highest BCUT2D eigenvalue weighted by Gasteiger charge is 2.30. The fraction of sp³-hybridized carbons (Fsp3) is 0.333. The second-order valence-corrected chi connectivity index (χ2v) is 8.50. The lowest BCUT2D eigenvalue weighted by Gasteiger charge is -2.18. The molecule has 1 heterocycles. The van der Waals surface area contributed by atoms with Gasteiger partial charge in [-0.15, -0.1) is 0 Å². The third-order valence-corrected chi connectivity index (χ3v) is 4.71. The van der Waals surface area contributed by atoms with E-state index in [0.29, 0.717) is 17.1 Å². The van der Waals surface area contributed by atoms with Crippen molar-refractivity contribution in [2.75, 3.05) is 0 Å². The van der Waals surface area contributed by atoms with Crippen molar-refractivity contribution in [2.45, 2.75) is 47.0 Å². The van der Waals surface area contributed by atoms with Crippen LogP contribution in [-0.4, -0.2) is 11.8 Å². The lowest BCUT2D eigenvalue weighted by atomic mass is 9.86. The zero-order chi connectivity index (χ0) is 20.6. The molecule has 0 saturated carbocycles. The van der Waals surface area contributed by atoms with Crippen LogP contribution in [0.5, 0.6) is 11.5 Å². The zero-order valence-electron chi connectivity index (χ0n) is 17.3. The molecule has 0 saturated heterocycles. The van der Waals surface area contributed by atoms with Crippen LogP contribution in [0.2, 0.25) is 0 Å². The maximum absolute atomic E-state index is 12.8. The van der Waals surface area contributed by atoms with Crippen LogP contribution in [0.15, 0.2) is 42.2 Å². The largest absolute Gasteiger partial charge is 0.452 e. The normalized spacial score (nSPS) is 15.0. The fourth-order valence-electron chi connectivity index (χ4n) is 3.00. The highest BCUT2D eigenvalue weighted by molar-refractivity contribution is 6.15. The van der Waals surface area contributed by atoms with E-state index in [-0.39, 0.29) is 28.8 Å². The molecular formula is C24H26O4. The van der Waals surface area contributed by atoms with Crippen LogP contribution >= 0.6 is 0 Å². The average molecular weight is 378 g/mol.